The van der Waals surface area contributed by atoms with E-state index in [0.717, 1.165) is 24.1 Å². The first-order valence-electron chi connectivity index (χ1n) is 11.5. The van der Waals surface area contributed by atoms with Crippen LogP contribution in [0.3, 0.4) is 0 Å². The minimum atomic E-state index is -0.668. The molecule has 0 aromatic carbocycles. The van der Waals surface area contributed by atoms with Crippen LogP contribution < -0.4 is 21.4 Å². The molecule has 0 unspecified atom stereocenters. The highest BCUT2D eigenvalue weighted by molar-refractivity contribution is 5.97. The number of nitrogens with zero attached hydrogens (tertiary/aromatic N) is 8. The van der Waals surface area contributed by atoms with Crippen molar-refractivity contribution in [2.45, 2.75) is 37.3 Å². The molecule has 4 aromatic rings. The van der Waals surface area contributed by atoms with Gasteiger partial charge in [0.05, 0.1) is 17.9 Å². The summed E-state index contributed by atoms with van der Waals surface area (Å²) in [5.41, 5.74) is 2.23. The first-order chi connectivity index (χ1) is 17.6. The molecule has 36 heavy (non-hydrogen) atoms. The Morgan fingerprint density at radius 2 is 2.17 bits per heavy atom. The molecule has 1 saturated heterocycles. The van der Waals surface area contributed by atoms with Crippen molar-refractivity contribution in [3.63, 3.8) is 0 Å². The maximum Gasteiger partial charge on any atom is 0.247 e. The number of halogens is 1. The average Bonchev–Trinajstić information content (AvgIpc) is 3.25. The second-order valence-corrected chi connectivity index (χ2v) is 8.85. The molecule has 0 radical (unpaired) electrons. The SMILES string of the molecule is NN=N[C@H]1C[C@@H](C(=O)Nc2ccc(F)nc2)N(c2nc(Nc3cc(C4CC4)[nH]n3)c3cccn3n2)C1. The van der Waals surface area contributed by atoms with Crippen molar-refractivity contribution in [3.8, 4) is 0 Å². The van der Waals surface area contributed by atoms with Gasteiger partial charge in [-0.15, -0.1) is 5.10 Å². The van der Waals surface area contributed by atoms with Crippen LogP contribution in [-0.2, 0) is 4.79 Å². The van der Waals surface area contributed by atoms with Crippen LogP contribution in [0.25, 0.3) is 5.52 Å². The van der Waals surface area contributed by atoms with Gasteiger partial charge >= 0.3 is 0 Å². The lowest BCUT2D eigenvalue weighted by atomic mass is 10.1. The molecule has 1 aliphatic carbocycles. The minimum absolute atomic E-state index is 0.325. The zero-order valence-electron chi connectivity index (χ0n) is 19.0. The van der Waals surface area contributed by atoms with Crippen molar-refractivity contribution in [1.29, 1.82) is 0 Å². The average molecular weight is 491 g/mol. The number of rotatable bonds is 7. The van der Waals surface area contributed by atoms with Crippen molar-refractivity contribution in [1.82, 2.24) is 29.8 Å². The standard InChI is InChI=1S/C22H23FN12O/c23-18-6-5-13(10-25-18)26-21(36)17-8-14(29-33-24)11-34(17)22-28-20(16-2-1-7-35(16)32-22)27-19-9-15(30-31-19)12-3-4-12/h1-2,5-7,9-10,12,14,17H,3-4,8,11H2,(H2,24,29)(H,26,36)(H2,27,28,30,31,32)/t14-,17-/m0/s1. The molecule has 6 rings (SSSR count). The highest BCUT2D eigenvalue weighted by Crippen LogP contribution is 2.39. The monoisotopic (exact) mass is 490 g/mol. The van der Waals surface area contributed by atoms with Gasteiger partial charge < -0.3 is 21.4 Å². The molecular formula is C22H23FN12O. The van der Waals surface area contributed by atoms with Crippen LogP contribution in [0.2, 0.25) is 0 Å². The maximum absolute atomic E-state index is 13.2. The minimum Gasteiger partial charge on any atom is -0.325 e. The Labute approximate surface area is 204 Å². The van der Waals surface area contributed by atoms with E-state index in [1.54, 1.807) is 15.6 Å². The molecular weight excluding hydrogens is 467 g/mol. The third kappa shape index (κ3) is 4.28. The number of aromatic amines is 1. The fraction of sp³-hybridized carbons (Fsp3) is 0.318. The molecule has 1 aliphatic heterocycles. The number of carbonyl (C=O) groups excluding carboxylic acids is 1. The zero-order valence-corrected chi connectivity index (χ0v) is 19.0. The van der Waals surface area contributed by atoms with Crippen LogP contribution in [0.4, 0.5) is 27.7 Å². The molecule has 5 heterocycles. The third-order valence-electron chi connectivity index (χ3n) is 6.30. The van der Waals surface area contributed by atoms with Gasteiger partial charge in [0.2, 0.25) is 17.8 Å². The highest BCUT2D eigenvalue weighted by Gasteiger charge is 2.39. The molecule has 13 nitrogen and oxygen atoms in total. The summed E-state index contributed by atoms with van der Waals surface area (Å²) in [6.07, 6.45) is 5.74. The van der Waals surface area contributed by atoms with Crippen LogP contribution in [0, 0.1) is 5.95 Å². The van der Waals surface area contributed by atoms with Crippen molar-refractivity contribution in [3.05, 3.63) is 54.4 Å². The molecule has 184 valence electrons. The lowest BCUT2D eigenvalue weighted by Crippen LogP contribution is -2.41. The largest absolute Gasteiger partial charge is 0.325 e. The van der Waals surface area contributed by atoms with E-state index in [0.29, 0.717) is 42.2 Å². The van der Waals surface area contributed by atoms with E-state index < -0.39 is 12.0 Å². The lowest BCUT2D eigenvalue weighted by Gasteiger charge is -2.24. The molecule has 0 bridgehead atoms. The Morgan fingerprint density at radius 3 is 2.94 bits per heavy atom. The van der Waals surface area contributed by atoms with E-state index in [2.05, 4.69) is 41.3 Å². The Morgan fingerprint density at radius 1 is 1.28 bits per heavy atom. The molecule has 1 saturated carbocycles. The number of anilines is 4. The number of nitrogens with two attached hydrogens (primary N) is 1. The summed E-state index contributed by atoms with van der Waals surface area (Å²) in [6.45, 7) is 0.334. The molecule has 2 atom stereocenters. The van der Waals surface area contributed by atoms with Crippen molar-refractivity contribution in [2.75, 3.05) is 22.1 Å². The van der Waals surface area contributed by atoms with Crippen LogP contribution in [0.1, 0.15) is 30.9 Å². The van der Waals surface area contributed by atoms with Crippen LogP contribution in [0.15, 0.2) is 53.1 Å². The smallest absolute Gasteiger partial charge is 0.247 e. The zero-order chi connectivity index (χ0) is 24.6. The van der Waals surface area contributed by atoms with E-state index >= 15 is 0 Å². The number of hydrogen-bond acceptors (Lipinski definition) is 9. The second-order valence-electron chi connectivity index (χ2n) is 8.85. The first kappa shape index (κ1) is 21.9. The number of carbonyl (C=O) groups is 1. The van der Waals surface area contributed by atoms with Gasteiger partial charge in [-0.1, -0.05) is 5.22 Å². The Balaban J connectivity index is 1.31. The Bertz CT molecular complexity index is 1430. The highest BCUT2D eigenvalue weighted by atomic mass is 19.1. The fourth-order valence-electron chi connectivity index (χ4n) is 4.40. The van der Waals surface area contributed by atoms with Gasteiger partial charge in [0.25, 0.3) is 0 Å². The summed E-state index contributed by atoms with van der Waals surface area (Å²) in [6, 6.07) is 7.36. The molecule has 0 spiro atoms. The first-order valence-corrected chi connectivity index (χ1v) is 11.5. The van der Waals surface area contributed by atoms with Gasteiger partial charge in [-0.25, -0.2) is 9.50 Å². The Kier molecular flexibility index (Phi) is 5.39. The molecule has 1 amide bonds. The number of aromatic nitrogens is 6. The van der Waals surface area contributed by atoms with Gasteiger partial charge in [-0.05, 0) is 37.1 Å². The van der Waals surface area contributed by atoms with Crippen LogP contribution in [0.5, 0.6) is 0 Å². The van der Waals surface area contributed by atoms with Gasteiger partial charge in [0, 0.05) is 36.8 Å². The lowest BCUT2D eigenvalue weighted by molar-refractivity contribution is -0.117. The van der Waals surface area contributed by atoms with Crippen molar-refractivity contribution in [2.24, 2.45) is 16.2 Å². The number of pyridine rings is 1. The predicted molar refractivity (Wildman–Crippen MR) is 128 cm³/mol. The fourth-order valence-corrected chi connectivity index (χ4v) is 4.40. The number of nitrogens with one attached hydrogen (secondary N) is 3. The van der Waals surface area contributed by atoms with Crippen LogP contribution in [-0.4, -0.2) is 54.3 Å². The van der Waals surface area contributed by atoms with E-state index in [-0.39, 0.29) is 11.9 Å². The van der Waals surface area contributed by atoms with Crippen molar-refractivity contribution >= 4 is 34.7 Å². The summed E-state index contributed by atoms with van der Waals surface area (Å²) in [7, 11) is 0. The van der Waals surface area contributed by atoms with Gasteiger partial charge in [-0.2, -0.15) is 19.6 Å². The topological polar surface area (TPSA) is 167 Å². The number of H-pyrrole nitrogens is 1. The van der Waals surface area contributed by atoms with Gasteiger partial charge in [-0.3, -0.25) is 9.89 Å². The van der Waals surface area contributed by atoms with Crippen LogP contribution >= 0.6 is 0 Å². The molecule has 5 N–H and O–H groups in total. The number of amides is 1. The maximum atomic E-state index is 13.2. The summed E-state index contributed by atoms with van der Waals surface area (Å²) >= 11 is 0. The molecule has 2 fully saturated rings. The van der Waals surface area contributed by atoms with E-state index in [4.69, 9.17) is 10.8 Å². The van der Waals surface area contributed by atoms with Crippen molar-refractivity contribution < 1.29 is 9.18 Å². The second kappa shape index (κ2) is 8.87. The predicted octanol–water partition coefficient (Wildman–Crippen LogP) is 2.52. The van der Waals surface area contributed by atoms with Gasteiger partial charge in [0.1, 0.15) is 11.6 Å². The third-order valence-corrected chi connectivity index (χ3v) is 6.30. The molecule has 14 heteroatoms. The molecule has 4 aromatic heterocycles. The normalized spacial score (nSPS) is 19.9. The molecule has 2 aliphatic rings. The quantitative estimate of drug-likeness (QED) is 0.133. The van der Waals surface area contributed by atoms with E-state index in [1.165, 1.54) is 18.3 Å². The summed E-state index contributed by atoms with van der Waals surface area (Å²) < 4.78 is 14.9. The number of hydrogen-bond donors (Lipinski definition) is 4. The van der Waals surface area contributed by atoms with E-state index in [9.17, 15) is 9.18 Å². The number of fused-ring (bicyclic) bond motifs is 1. The summed E-state index contributed by atoms with van der Waals surface area (Å²) in [4.78, 5) is 23.3. The Hall–Kier alpha value is -4.62. The summed E-state index contributed by atoms with van der Waals surface area (Å²) in [5, 5.41) is 25.6. The van der Waals surface area contributed by atoms with E-state index in [1.807, 2.05) is 18.2 Å². The summed E-state index contributed by atoms with van der Waals surface area (Å²) in [5.74, 6) is 6.39. The van der Waals surface area contributed by atoms with Gasteiger partial charge in [0.15, 0.2) is 11.6 Å².